The van der Waals surface area contributed by atoms with Crippen LogP contribution in [0.3, 0.4) is 0 Å². The quantitative estimate of drug-likeness (QED) is 0.818. The van der Waals surface area contributed by atoms with Gasteiger partial charge < -0.3 is 10.6 Å². The van der Waals surface area contributed by atoms with Crippen molar-refractivity contribution in [1.29, 1.82) is 0 Å². The van der Waals surface area contributed by atoms with Gasteiger partial charge in [0, 0.05) is 36.5 Å². The molecule has 2 atom stereocenters. The van der Waals surface area contributed by atoms with Crippen molar-refractivity contribution in [2.75, 3.05) is 0 Å². The smallest absolute Gasteiger partial charge is 0.220 e. The summed E-state index contributed by atoms with van der Waals surface area (Å²) in [5, 5.41) is 6.72. The van der Waals surface area contributed by atoms with E-state index in [9.17, 15) is 9.59 Å². The van der Waals surface area contributed by atoms with Gasteiger partial charge in [-0.2, -0.15) is 0 Å². The van der Waals surface area contributed by atoms with E-state index in [0.29, 0.717) is 24.9 Å². The van der Waals surface area contributed by atoms with Crippen molar-refractivity contribution in [3.63, 3.8) is 0 Å². The van der Waals surface area contributed by atoms with Crippen molar-refractivity contribution < 1.29 is 9.59 Å². The Morgan fingerprint density at radius 3 is 2.58 bits per heavy atom. The zero-order chi connectivity index (χ0) is 16.5. The Bertz CT molecular complexity index is 643. The van der Waals surface area contributed by atoms with Crippen LogP contribution in [-0.4, -0.2) is 29.8 Å². The minimum atomic E-state index is 0.0239. The van der Waals surface area contributed by atoms with Gasteiger partial charge in [-0.25, -0.2) is 0 Å². The van der Waals surface area contributed by atoms with Crippen molar-refractivity contribution in [3.8, 4) is 0 Å². The number of hydrogen-bond donors (Lipinski definition) is 2. The highest BCUT2D eigenvalue weighted by Gasteiger charge is 2.33. The van der Waals surface area contributed by atoms with Crippen LogP contribution < -0.4 is 10.6 Å². The third kappa shape index (κ3) is 3.39. The molecule has 0 spiro atoms. The molecular weight excluding hydrogens is 300 g/mol. The maximum absolute atomic E-state index is 12.4. The molecule has 4 rings (SSSR count). The first kappa shape index (κ1) is 15.8. The number of Topliss-reactive ketones (excluding diaryl/α,β-unsaturated/α-hetero) is 1. The number of carbonyl (C=O) groups excluding carboxylic acids is 2. The standard InChI is InChI=1S/C20H26N2O2/c23-19(15-5-4-13-2-1-3-14(13)10-15)8-9-20(24)22-18-11-16-6-7-17(12-18)21-16/h4-5,10,16-18,21H,1-3,6-9,11-12H2,(H,22,24). The van der Waals surface area contributed by atoms with E-state index in [4.69, 9.17) is 0 Å². The van der Waals surface area contributed by atoms with Gasteiger partial charge >= 0.3 is 0 Å². The minimum absolute atomic E-state index is 0.0239. The molecule has 128 valence electrons. The predicted octanol–water partition coefficient (Wildman–Crippen LogP) is 2.54. The summed E-state index contributed by atoms with van der Waals surface area (Å²) < 4.78 is 0. The number of aryl methyl sites for hydroxylation is 2. The Balaban J connectivity index is 1.27. The van der Waals surface area contributed by atoms with Gasteiger partial charge in [0.05, 0.1) is 0 Å². The van der Waals surface area contributed by atoms with E-state index < -0.39 is 0 Å². The molecule has 1 aromatic rings. The van der Waals surface area contributed by atoms with E-state index in [0.717, 1.165) is 31.2 Å². The predicted molar refractivity (Wildman–Crippen MR) is 93.1 cm³/mol. The summed E-state index contributed by atoms with van der Waals surface area (Å²) in [6.07, 6.45) is 8.52. The molecule has 1 amide bonds. The van der Waals surface area contributed by atoms with Gasteiger partial charge in [-0.05, 0) is 62.1 Å². The molecule has 0 radical (unpaired) electrons. The van der Waals surface area contributed by atoms with Crippen molar-refractivity contribution in [2.45, 2.75) is 75.9 Å². The molecule has 1 aliphatic carbocycles. The van der Waals surface area contributed by atoms with Crippen LogP contribution in [0, 0.1) is 0 Å². The maximum atomic E-state index is 12.4. The lowest BCUT2D eigenvalue weighted by Gasteiger charge is -2.29. The molecule has 2 aliphatic heterocycles. The molecule has 2 saturated heterocycles. The number of amides is 1. The summed E-state index contributed by atoms with van der Waals surface area (Å²) >= 11 is 0. The maximum Gasteiger partial charge on any atom is 0.220 e. The first-order valence-corrected chi connectivity index (χ1v) is 9.38. The van der Waals surface area contributed by atoms with Gasteiger partial charge in [0.25, 0.3) is 0 Å². The molecule has 24 heavy (non-hydrogen) atoms. The molecular formula is C20H26N2O2. The van der Waals surface area contributed by atoms with Gasteiger partial charge in [-0.3, -0.25) is 9.59 Å². The number of fused-ring (bicyclic) bond motifs is 3. The van der Waals surface area contributed by atoms with E-state index in [1.165, 1.54) is 30.4 Å². The van der Waals surface area contributed by atoms with E-state index >= 15 is 0 Å². The molecule has 2 bridgehead atoms. The Morgan fingerprint density at radius 1 is 1.04 bits per heavy atom. The number of rotatable bonds is 5. The molecule has 2 fully saturated rings. The fourth-order valence-electron chi connectivity index (χ4n) is 4.59. The second kappa shape index (κ2) is 6.67. The average Bonchev–Trinajstić information content (AvgIpc) is 3.18. The molecule has 2 heterocycles. The van der Waals surface area contributed by atoms with Gasteiger partial charge in [0.1, 0.15) is 0 Å². The minimum Gasteiger partial charge on any atom is -0.353 e. The lowest BCUT2D eigenvalue weighted by molar-refractivity contribution is -0.122. The number of hydrogen-bond acceptors (Lipinski definition) is 3. The highest BCUT2D eigenvalue weighted by atomic mass is 16.2. The van der Waals surface area contributed by atoms with Crippen LogP contribution in [0.1, 0.15) is 66.4 Å². The fourth-order valence-corrected chi connectivity index (χ4v) is 4.59. The SMILES string of the molecule is O=C(CCC(=O)c1ccc2c(c1)CCC2)NC1CC2CCC(C1)N2. The highest BCUT2D eigenvalue weighted by molar-refractivity contribution is 5.98. The second-order valence-corrected chi connectivity index (χ2v) is 7.63. The van der Waals surface area contributed by atoms with Crippen molar-refractivity contribution in [1.82, 2.24) is 10.6 Å². The fraction of sp³-hybridized carbons (Fsp3) is 0.600. The average molecular weight is 326 g/mol. The lowest BCUT2D eigenvalue weighted by Crippen LogP contribution is -2.48. The molecule has 2 N–H and O–H groups in total. The third-order valence-corrected chi connectivity index (χ3v) is 5.84. The largest absolute Gasteiger partial charge is 0.353 e. The number of piperidine rings is 1. The third-order valence-electron chi connectivity index (χ3n) is 5.84. The normalized spacial score (nSPS) is 27.8. The summed E-state index contributed by atoms with van der Waals surface area (Å²) in [5.74, 6) is 0.112. The van der Waals surface area contributed by atoms with E-state index in [1.807, 2.05) is 12.1 Å². The molecule has 2 unspecified atom stereocenters. The Morgan fingerprint density at radius 2 is 1.79 bits per heavy atom. The molecule has 4 heteroatoms. The number of carbonyl (C=O) groups is 2. The first-order valence-electron chi connectivity index (χ1n) is 9.38. The van der Waals surface area contributed by atoms with E-state index in [1.54, 1.807) is 0 Å². The van der Waals surface area contributed by atoms with Crippen molar-refractivity contribution >= 4 is 11.7 Å². The van der Waals surface area contributed by atoms with Crippen LogP contribution in [0.15, 0.2) is 18.2 Å². The second-order valence-electron chi connectivity index (χ2n) is 7.63. The Hall–Kier alpha value is -1.68. The zero-order valence-electron chi connectivity index (χ0n) is 14.1. The molecule has 4 nitrogen and oxygen atoms in total. The number of benzene rings is 1. The van der Waals surface area contributed by atoms with E-state index in [-0.39, 0.29) is 17.7 Å². The van der Waals surface area contributed by atoms with E-state index in [2.05, 4.69) is 16.7 Å². The zero-order valence-corrected chi connectivity index (χ0v) is 14.1. The summed E-state index contributed by atoms with van der Waals surface area (Å²) in [5.41, 5.74) is 3.46. The molecule has 0 saturated carbocycles. The summed E-state index contributed by atoms with van der Waals surface area (Å²) in [4.78, 5) is 24.5. The highest BCUT2D eigenvalue weighted by Crippen LogP contribution is 2.27. The molecule has 1 aromatic carbocycles. The van der Waals surface area contributed by atoms with Crippen LogP contribution in [0.5, 0.6) is 0 Å². The lowest BCUT2D eigenvalue weighted by atomic mass is 9.99. The van der Waals surface area contributed by atoms with Gasteiger partial charge in [0.15, 0.2) is 5.78 Å². The van der Waals surface area contributed by atoms with Gasteiger partial charge in [0.2, 0.25) is 5.91 Å². The van der Waals surface area contributed by atoms with Crippen LogP contribution in [0.25, 0.3) is 0 Å². The van der Waals surface area contributed by atoms with Gasteiger partial charge in [-0.1, -0.05) is 12.1 Å². The summed E-state index contributed by atoms with van der Waals surface area (Å²) in [7, 11) is 0. The summed E-state index contributed by atoms with van der Waals surface area (Å²) in [6, 6.07) is 7.47. The van der Waals surface area contributed by atoms with Crippen molar-refractivity contribution in [2.24, 2.45) is 0 Å². The number of nitrogens with one attached hydrogen (secondary N) is 2. The Kier molecular flexibility index (Phi) is 4.40. The monoisotopic (exact) mass is 326 g/mol. The Labute approximate surface area is 143 Å². The van der Waals surface area contributed by atoms with Crippen LogP contribution in [0.2, 0.25) is 0 Å². The van der Waals surface area contributed by atoms with Crippen molar-refractivity contribution in [3.05, 3.63) is 34.9 Å². The van der Waals surface area contributed by atoms with Crippen LogP contribution >= 0.6 is 0 Å². The molecule has 0 aromatic heterocycles. The van der Waals surface area contributed by atoms with Gasteiger partial charge in [-0.15, -0.1) is 0 Å². The number of ketones is 1. The first-order chi connectivity index (χ1) is 11.7. The topological polar surface area (TPSA) is 58.2 Å². The molecule has 3 aliphatic rings. The van der Waals surface area contributed by atoms with Crippen LogP contribution in [0.4, 0.5) is 0 Å². The summed E-state index contributed by atoms with van der Waals surface area (Å²) in [6.45, 7) is 0. The van der Waals surface area contributed by atoms with Crippen LogP contribution in [-0.2, 0) is 17.6 Å².